The van der Waals surface area contributed by atoms with Crippen LogP contribution < -0.4 is 25.4 Å². The highest BCUT2D eigenvalue weighted by molar-refractivity contribution is 6.36. The molecule has 1 saturated heterocycles. The molecule has 0 bridgehead atoms. The van der Waals surface area contributed by atoms with Crippen LogP contribution in [0.5, 0.6) is 11.5 Å². The number of hydrogen-bond acceptors (Lipinski definition) is 13. The summed E-state index contributed by atoms with van der Waals surface area (Å²) in [6.07, 6.45) is 5.97. The molecule has 17 heteroatoms. The monoisotopic (exact) mass is 850 g/mol. The predicted octanol–water partition coefficient (Wildman–Crippen LogP) is 5.89. The number of benzene rings is 1. The number of carbonyl (C=O) groups excluding carboxylic acids is 4. The van der Waals surface area contributed by atoms with Crippen LogP contribution in [0, 0.1) is 23.2 Å². The lowest BCUT2D eigenvalue weighted by atomic mass is 9.85. The van der Waals surface area contributed by atoms with Gasteiger partial charge in [-0.05, 0) is 73.8 Å². The summed E-state index contributed by atoms with van der Waals surface area (Å²) < 4.78 is 34.5. The Morgan fingerprint density at radius 1 is 1.00 bits per heavy atom. The second-order valence-electron chi connectivity index (χ2n) is 18.0. The molecule has 3 amide bonds. The maximum absolute atomic E-state index is 14.8. The van der Waals surface area contributed by atoms with Crippen LogP contribution in [0.4, 0.5) is 10.8 Å². The van der Waals surface area contributed by atoms with Crippen molar-refractivity contribution in [2.45, 2.75) is 115 Å². The fourth-order valence-electron chi connectivity index (χ4n) is 8.83. The third-order valence-electron chi connectivity index (χ3n) is 12.5. The van der Waals surface area contributed by atoms with Gasteiger partial charge >= 0.3 is 12.1 Å². The second kappa shape index (κ2) is 16.6. The van der Waals surface area contributed by atoms with Crippen molar-refractivity contribution in [2.24, 2.45) is 23.2 Å². The summed E-state index contributed by atoms with van der Waals surface area (Å²) in [7, 11) is 2.87. The first-order chi connectivity index (χ1) is 28.7. The molecule has 3 N–H and O–H groups in total. The minimum Gasteiger partial charge on any atom is -0.490 e. The molecule has 324 valence electrons. The highest BCUT2D eigenvalue weighted by Gasteiger charge is 2.62. The lowest BCUT2D eigenvalue weighted by molar-refractivity contribution is -0.148. The van der Waals surface area contributed by atoms with Gasteiger partial charge in [0.2, 0.25) is 11.8 Å². The molecule has 3 aromatic rings. The smallest absolute Gasteiger partial charge is 0.408 e. The third-order valence-corrected chi connectivity index (χ3v) is 12.9. The van der Waals surface area contributed by atoms with Gasteiger partial charge in [-0.1, -0.05) is 45.7 Å². The number of anilines is 1. The lowest BCUT2D eigenvalue weighted by Gasteiger charge is -2.35. The van der Waals surface area contributed by atoms with Crippen LogP contribution in [0.15, 0.2) is 28.9 Å². The Balaban J connectivity index is 1.10. The quantitative estimate of drug-likeness (QED) is 0.114. The van der Waals surface area contributed by atoms with Crippen molar-refractivity contribution < 1.29 is 47.3 Å². The molecule has 0 radical (unpaired) electrons. The van der Waals surface area contributed by atoms with E-state index < -0.39 is 53.0 Å². The first-order valence-electron chi connectivity index (χ1n) is 21.0. The molecule has 60 heavy (non-hydrogen) atoms. The summed E-state index contributed by atoms with van der Waals surface area (Å²) in [5.74, 6) is 0.347. The van der Waals surface area contributed by atoms with Crippen LogP contribution in [0.25, 0.3) is 22.3 Å². The number of hydrogen-bond donors (Lipinski definition) is 3. The molecule has 2 unspecified atom stereocenters. The number of nitrogens with zero attached hydrogens (tertiary/aromatic N) is 3. The van der Waals surface area contributed by atoms with Crippen molar-refractivity contribution in [3.05, 3.63) is 29.5 Å². The first kappa shape index (κ1) is 41.9. The molecule has 0 spiro atoms. The molecule has 2 aromatic heterocycles. The normalized spacial score (nSPS) is 27.1. The fraction of sp³-hybridized carbons (Fsp3) is 0.628. The summed E-state index contributed by atoms with van der Waals surface area (Å²) in [4.78, 5) is 66.6. The number of esters is 1. The van der Waals surface area contributed by atoms with Crippen molar-refractivity contribution in [3.8, 4) is 22.9 Å². The minimum absolute atomic E-state index is 0.0147. The van der Waals surface area contributed by atoms with Crippen molar-refractivity contribution in [1.82, 2.24) is 25.5 Å². The molecule has 4 saturated carbocycles. The molecule has 4 aliphatic carbocycles. The SMILES string of the molecule is CC[C@@H]1C[C@]1(NC(=O)[C@@H]1C[C@@H](Oc2cc(-c3coc(NC4CC4)n3)nc3c(Cl)c(OCCOC)ccc23)CN1C(=O)C(NC(=O)OC1C[C@@H]2C[C@@H]2C1)C(C)(C)C)C(=O)OC. The van der Waals surface area contributed by atoms with E-state index in [4.69, 9.17) is 44.7 Å². The summed E-state index contributed by atoms with van der Waals surface area (Å²) in [6.45, 7) is 8.09. The van der Waals surface area contributed by atoms with E-state index in [9.17, 15) is 19.2 Å². The molecular weight excluding hydrogens is 796 g/mol. The Morgan fingerprint density at radius 2 is 1.77 bits per heavy atom. The first-order valence-corrected chi connectivity index (χ1v) is 21.4. The molecule has 8 atom stereocenters. The van der Waals surface area contributed by atoms with Crippen LogP contribution >= 0.6 is 11.6 Å². The number of alkyl carbamates (subject to hydrolysis) is 1. The van der Waals surface area contributed by atoms with Gasteiger partial charge in [-0.25, -0.2) is 14.6 Å². The van der Waals surface area contributed by atoms with E-state index in [1.165, 1.54) is 24.7 Å². The van der Waals surface area contributed by atoms with Crippen LogP contribution in [0.2, 0.25) is 5.02 Å². The van der Waals surface area contributed by atoms with Gasteiger partial charge in [-0.2, -0.15) is 4.98 Å². The third kappa shape index (κ3) is 8.67. The maximum Gasteiger partial charge on any atom is 0.408 e. The Bertz CT molecular complexity index is 2130. The fourth-order valence-corrected chi connectivity index (χ4v) is 9.10. The van der Waals surface area contributed by atoms with Crippen molar-refractivity contribution >= 4 is 52.4 Å². The molecule has 1 aromatic carbocycles. The minimum atomic E-state index is -1.19. The number of nitrogens with one attached hydrogen (secondary N) is 3. The van der Waals surface area contributed by atoms with E-state index in [0.717, 1.165) is 25.7 Å². The Labute approximate surface area is 354 Å². The number of fused-ring (bicyclic) bond motifs is 2. The number of ether oxygens (including phenoxy) is 5. The number of likely N-dealkylation sites (tertiary alicyclic amines) is 1. The predicted molar refractivity (Wildman–Crippen MR) is 220 cm³/mol. The highest BCUT2D eigenvalue weighted by atomic mass is 35.5. The number of oxazole rings is 1. The Hall–Kier alpha value is -4.83. The molecular formula is C43H55ClN6O10. The van der Waals surface area contributed by atoms with Gasteiger partial charge in [0, 0.05) is 31.0 Å². The average Bonchev–Trinajstić information content (AvgIpc) is 4.16. The van der Waals surface area contributed by atoms with E-state index in [1.54, 1.807) is 25.3 Å². The second-order valence-corrected chi connectivity index (χ2v) is 18.4. The van der Waals surface area contributed by atoms with E-state index in [2.05, 4.69) is 20.9 Å². The zero-order chi connectivity index (χ0) is 42.5. The van der Waals surface area contributed by atoms with Crippen LogP contribution in [-0.2, 0) is 28.6 Å². The van der Waals surface area contributed by atoms with Gasteiger partial charge < -0.3 is 49.0 Å². The Morgan fingerprint density at radius 3 is 2.43 bits per heavy atom. The van der Waals surface area contributed by atoms with E-state index in [0.29, 0.717) is 77.1 Å². The molecule has 16 nitrogen and oxygen atoms in total. The number of pyridine rings is 1. The van der Waals surface area contributed by atoms with Gasteiger partial charge in [0.1, 0.15) is 64.9 Å². The van der Waals surface area contributed by atoms with Gasteiger partial charge in [-0.3, -0.25) is 9.59 Å². The van der Waals surface area contributed by atoms with E-state index in [1.807, 2.05) is 27.7 Å². The van der Waals surface area contributed by atoms with Crippen LogP contribution in [0.3, 0.4) is 0 Å². The standard InChI is InChI=1S/C43H55ClN6O10/c1-7-24-19-43(24,39(53)56-6)49-37(51)31-17-27(20-50(31)38(52)36(42(2,3)4)48-41(54)60-26-15-22-14-23(22)16-26)59-33-18-29(30-21-58-40(47-30)45-25-8-9-25)46-35-28(33)10-11-32(34(35)44)57-13-12-55-5/h10-11,18,21-27,31,36H,7-9,12-17,19-20H2,1-6H3,(H,45,47)(H,48,54)(H,49,51)/t22-,23+,24-,26?,27-,31+,36?,43-/m1/s1. The van der Waals surface area contributed by atoms with Crippen LogP contribution in [-0.4, -0.2) is 109 Å². The van der Waals surface area contributed by atoms with Crippen LogP contribution in [0.1, 0.15) is 79.1 Å². The Kier molecular flexibility index (Phi) is 11.6. The lowest BCUT2D eigenvalue weighted by Crippen LogP contribution is -2.59. The number of halogens is 1. The van der Waals surface area contributed by atoms with E-state index in [-0.39, 0.29) is 36.6 Å². The van der Waals surface area contributed by atoms with Crippen molar-refractivity contribution in [3.63, 3.8) is 0 Å². The van der Waals surface area contributed by atoms with Gasteiger partial charge in [0.15, 0.2) is 0 Å². The van der Waals surface area contributed by atoms with Gasteiger partial charge in [-0.15, -0.1) is 0 Å². The summed E-state index contributed by atoms with van der Waals surface area (Å²) in [6, 6.07) is 3.81. The number of aromatic nitrogens is 2. The van der Waals surface area contributed by atoms with Crippen molar-refractivity contribution in [1.29, 1.82) is 0 Å². The molecule has 8 rings (SSSR count). The molecule has 5 aliphatic rings. The maximum atomic E-state index is 14.8. The number of amides is 3. The number of rotatable bonds is 16. The zero-order valence-corrected chi connectivity index (χ0v) is 35.8. The molecule has 5 fully saturated rings. The molecule has 3 heterocycles. The number of carbonyl (C=O) groups is 4. The van der Waals surface area contributed by atoms with Gasteiger partial charge in [0.05, 0.1) is 31.5 Å². The van der Waals surface area contributed by atoms with E-state index >= 15 is 0 Å². The number of methoxy groups -OCH3 is 2. The topological polar surface area (TPSA) is 193 Å². The van der Waals surface area contributed by atoms with Crippen molar-refractivity contribution in [2.75, 3.05) is 39.3 Å². The average molecular weight is 851 g/mol. The highest BCUT2D eigenvalue weighted by Crippen LogP contribution is 2.52. The summed E-state index contributed by atoms with van der Waals surface area (Å²) in [5.41, 5.74) is -0.728. The van der Waals surface area contributed by atoms with Gasteiger partial charge in [0.25, 0.3) is 6.01 Å². The summed E-state index contributed by atoms with van der Waals surface area (Å²) in [5, 5.41) is 9.88. The zero-order valence-electron chi connectivity index (χ0n) is 35.0. The summed E-state index contributed by atoms with van der Waals surface area (Å²) >= 11 is 6.96. The largest absolute Gasteiger partial charge is 0.490 e. The molecule has 1 aliphatic heterocycles.